The maximum Gasteiger partial charge on any atom is 0.0812 e. The first-order valence-corrected chi connectivity index (χ1v) is 8.79. The number of aliphatic hydroxyl groups is 1. The van der Waals surface area contributed by atoms with Gasteiger partial charge in [-0.05, 0) is 56.8 Å². The van der Waals surface area contributed by atoms with Gasteiger partial charge < -0.3 is 9.67 Å². The molecule has 3 heteroatoms. The third-order valence-corrected chi connectivity index (χ3v) is 6.52. The van der Waals surface area contributed by atoms with Crippen LogP contribution in [0.15, 0.2) is 6.07 Å². The summed E-state index contributed by atoms with van der Waals surface area (Å²) in [5.41, 5.74) is 4.10. The first kappa shape index (κ1) is 14.5. The zero-order chi connectivity index (χ0) is 14.5. The summed E-state index contributed by atoms with van der Waals surface area (Å²) >= 11 is 2.12. The SMILES string of the molecule is Cc1cc2c(n1CC1(C)CCCS1)CC(C)(C)CC2O. The molecule has 1 N–H and O–H groups in total. The normalized spacial score (nSPS) is 32.4. The number of aliphatic hydroxyl groups excluding tert-OH is 1. The van der Waals surface area contributed by atoms with Crippen LogP contribution < -0.4 is 0 Å². The summed E-state index contributed by atoms with van der Waals surface area (Å²) in [5.74, 6) is 1.30. The third-order valence-electron chi connectivity index (χ3n) is 4.99. The van der Waals surface area contributed by atoms with Gasteiger partial charge in [-0.3, -0.25) is 0 Å². The quantitative estimate of drug-likeness (QED) is 0.888. The first-order valence-electron chi connectivity index (χ1n) is 7.81. The number of aromatic nitrogens is 1. The lowest BCUT2D eigenvalue weighted by Gasteiger charge is -2.35. The number of fused-ring (bicyclic) bond motifs is 1. The largest absolute Gasteiger partial charge is 0.388 e. The molecule has 2 unspecified atom stereocenters. The van der Waals surface area contributed by atoms with E-state index >= 15 is 0 Å². The lowest BCUT2D eigenvalue weighted by molar-refractivity contribution is 0.0978. The number of aryl methyl sites for hydroxylation is 1. The zero-order valence-electron chi connectivity index (χ0n) is 13.2. The van der Waals surface area contributed by atoms with Crippen LogP contribution in [0.2, 0.25) is 0 Å². The van der Waals surface area contributed by atoms with Gasteiger partial charge in [0.1, 0.15) is 0 Å². The number of hydrogen-bond donors (Lipinski definition) is 1. The van der Waals surface area contributed by atoms with Gasteiger partial charge in [0.25, 0.3) is 0 Å². The molecule has 0 radical (unpaired) electrons. The highest BCUT2D eigenvalue weighted by Crippen LogP contribution is 2.44. The molecule has 2 heterocycles. The van der Waals surface area contributed by atoms with E-state index in [2.05, 4.69) is 50.1 Å². The number of rotatable bonds is 2. The predicted octanol–water partition coefficient (Wildman–Crippen LogP) is 4.09. The van der Waals surface area contributed by atoms with E-state index in [1.54, 1.807) is 0 Å². The Balaban J connectivity index is 1.96. The molecule has 1 aliphatic heterocycles. The second kappa shape index (κ2) is 4.81. The molecule has 0 amide bonds. The minimum absolute atomic E-state index is 0.207. The predicted molar refractivity (Wildman–Crippen MR) is 86.3 cm³/mol. The Morgan fingerprint density at radius 2 is 2.15 bits per heavy atom. The maximum absolute atomic E-state index is 10.4. The Bertz CT molecular complexity index is 511. The molecule has 1 saturated heterocycles. The molecule has 1 aliphatic carbocycles. The molecule has 1 fully saturated rings. The highest BCUT2D eigenvalue weighted by Gasteiger charge is 2.36. The van der Waals surface area contributed by atoms with Crippen molar-refractivity contribution in [2.24, 2.45) is 5.41 Å². The summed E-state index contributed by atoms with van der Waals surface area (Å²) in [5, 5.41) is 10.4. The fraction of sp³-hybridized carbons (Fsp3) is 0.765. The number of hydrogen-bond acceptors (Lipinski definition) is 2. The molecule has 1 aromatic heterocycles. The average molecular weight is 293 g/mol. The Labute approximate surface area is 127 Å². The smallest absolute Gasteiger partial charge is 0.0812 e. The summed E-state index contributed by atoms with van der Waals surface area (Å²) in [6.07, 6.45) is 4.36. The van der Waals surface area contributed by atoms with Crippen LogP contribution in [-0.4, -0.2) is 20.2 Å². The van der Waals surface area contributed by atoms with Gasteiger partial charge in [-0.1, -0.05) is 13.8 Å². The van der Waals surface area contributed by atoms with Crippen LogP contribution in [0.5, 0.6) is 0 Å². The van der Waals surface area contributed by atoms with Gasteiger partial charge in [0.15, 0.2) is 0 Å². The van der Waals surface area contributed by atoms with Crippen molar-refractivity contribution >= 4 is 11.8 Å². The molecule has 20 heavy (non-hydrogen) atoms. The second-order valence-electron chi connectivity index (χ2n) is 7.74. The van der Waals surface area contributed by atoms with E-state index in [0.29, 0.717) is 4.75 Å². The maximum atomic E-state index is 10.4. The van der Waals surface area contributed by atoms with Crippen LogP contribution in [0.3, 0.4) is 0 Å². The summed E-state index contributed by atoms with van der Waals surface area (Å²) in [7, 11) is 0. The molecule has 112 valence electrons. The van der Waals surface area contributed by atoms with Gasteiger partial charge in [-0.2, -0.15) is 11.8 Å². The minimum Gasteiger partial charge on any atom is -0.388 e. The van der Waals surface area contributed by atoms with Crippen molar-refractivity contribution in [1.29, 1.82) is 0 Å². The Kier molecular flexibility index (Phi) is 3.49. The summed E-state index contributed by atoms with van der Waals surface area (Å²) in [6.45, 7) is 10.2. The van der Waals surface area contributed by atoms with Crippen LogP contribution in [0, 0.1) is 12.3 Å². The van der Waals surface area contributed by atoms with E-state index in [9.17, 15) is 5.11 Å². The van der Waals surface area contributed by atoms with Crippen molar-refractivity contribution in [1.82, 2.24) is 4.57 Å². The van der Waals surface area contributed by atoms with Crippen molar-refractivity contribution in [3.8, 4) is 0 Å². The lowest BCUT2D eigenvalue weighted by Crippen LogP contribution is -2.30. The molecule has 0 bridgehead atoms. The fourth-order valence-corrected chi connectivity index (χ4v) is 5.21. The molecule has 2 nitrogen and oxygen atoms in total. The van der Waals surface area contributed by atoms with Crippen LogP contribution in [-0.2, 0) is 13.0 Å². The Morgan fingerprint density at radius 1 is 1.40 bits per heavy atom. The van der Waals surface area contributed by atoms with Crippen molar-refractivity contribution in [3.05, 3.63) is 23.0 Å². The van der Waals surface area contributed by atoms with Crippen LogP contribution in [0.25, 0.3) is 0 Å². The summed E-state index contributed by atoms with van der Waals surface area (Å²) in [4.78, 5) is 0. The summed E-state index contributed by atoms with van der Waals surface area (Å²) in [6, 6.07) is 2.22. The van der Waals surface area contributed by atoms with Gasteiger partial charge in [-0.25, -0.2) is 0 Å². The molecular formula is C17H27NOS. The standard InChI is InChI=1S/C17H27NOS/c1-12-8-13-14(9-16(2,3)10-15(13)19)18(12)11-17(4)6-5-7-20-17/h8,15,19H,5-7,9-11H2,1-4H3. The van der Waals surface area contributed by atoms with Crippen molar-refractivity contribution in [2.75, 3.05) is 5.75 Å². The first-order chi connectivity index (χ1) is 9.30. The highest BCUT2D eigenvalue weighted by molar-refractivity contribution is 8.00. The van der Waals surface area contributed by atoms with Gasteiger partial charge in [0.2, 0.25) is 0 Å². The second-order valence-corrected chi connectivity index (χ2v) is 9.42. The van der Waals surface area contributed by atoms with Gasteiger partial charge in [0.05, 0.1) is 6.10 Å². The van der Waals surface area contributed by atoms with Gasteiger partial charge in [0, 0.05) is 28.2 Å². The Morgan fingerprint density at radius 3 is 2.80 bits per heavy atom. The van der Waals surface area contributed by atoms with E-state index in [0.717, 1.165) is 19.4 Å². The van der Waals surface area contributed by atoms with E-state index in [1.165, 1.54) is 35.5 Å². The molecule has 0 saturated carbocycles. The van der Waals surface area contributed by atoms with E-state index in [1.807, 2.05) is 0 Å². The molecule has 3 rings (SSSR count). The Hall–Kier alpha value is -0.410. The van der Waals surface area contributed by atoms with E-state index < -0.39 is 0 Å². The molecule has 2 aliphatic rings. The zero-order valence-corrected chi connectivity index (χ0v) is 14.0. The molecule has 2 atom stereocenters. The van der Waals surface area contributed by atoms with E-state index in [4.69, 9.17) is 0 Å². The molecule has 0 aromatic carbocycles. The van der Waals surface area contributed by atoms with Crippen molar-refractivity contribution in [2.45, 2.75) is 70.8 Å². The molecule has 0 spiro atoms. The number of nitrogens with zero attached hydrogens (tertiary/aromatic N) is 1. The highest BCUT2D eigenvalue weighted by atomic mass is 32.2. The third kappa shape index (κ3) is 2.55. The van der Waals surface area contributed by atoms with Crippen LogP contribution in [0.1, 0.15) is 63.1 Å². The fourth-order valence-electron chi connectivity index (χ4n) is 3.92. The van der Waals surface area contributed by atoms with Gasteiger partial charge >= 0.3 is 0 Å². The van der Waals surface area contributed by atoms with Crippen molar-refractivity contribution < 1.29 is 5.11 Å². The molecule has 1 aromatic rings. The van der Waals surface area contributed by atoms with Gasteiger partial charge in [-0.15, -0.1) is 0 Å². The number of thioether (sulfide) groups is 1. The average Bonchev–Trinajstić information content (AvgIpc) is 2.86. The lowest BCUT2D eigenvalue weighted by atomic mass is 9.75. The van der Waals surface area contributed by atoms with Crippen LogP contribution >= 0.6 is 11.8 Å². The van der Waals surface area contributed by atoms with Crippen molar-refractivity contribution in [3.63, 3.8) is 0 Å². The molecular weight excluding hydrogens is 266 g/mol. The van der Waals surface area contributed by atoms with E-state index in [-0.39, 0.29) is 11.5 Å². The topological polar surface area (TPSA) is 25.2 Å². The monoisotopic (exact) mass is 293 g/mol. The summed E-state index contributed by atoms with van der Waals surface area (Å²) < 4.78 is 2.88. The van der Waals surface area contributed by atoms with Crippen LogP contribution in [0.4, 0.5) is 0 Å². The minimum atomic E-state index is -0.280.